The van der Waals surface area contributed by atoms with Crippen molar-refractivity contribution >= 4 is 17.4 Å². The van der Waals surface area contributed by atoms with Crippen LogP contribution in [0.2, 0.25) is 0 Å². The van der Waals surface area contributed by atoms with Crippen molar-refractivity contribution in [2.45, 2.75) is 13.3 Å². The molecule has 0 unspecified atom stereocenters. The number of amides is 1. The maximum absolute atomic E-state index is 14.4. The number of rotatable bonds is 4. The van der Waals surface area contributed by atoms with Crippen LogP contribution < -0.4 is 4.90 Å². The molecule has 26 heavy (non-hydrogen) atoms. The van der Waals surface area contributed by atoms with Gasteiger partial charge in [0, 0.05) is 43.7 Å². The first kappa shape index (κ1) is 18.0. The number of carbonyl (C=O) groups is 2. The molecule has 4 nitrogen and oxygen atoms in total. The number of halogens is 2. The minimum absolute atomic E-state index is 0.0963. The molecule has 1 amide bonds. The molecule has 0 saturated carbocycles. The van der Waals surface area contributed by atoms with E-state index in [1.807, 2.05) is 4.90 Å². The molecule has 0 aliphatic carbocycles. The molecule has 0 spiro atoms. The highest BCUT2D eigenvalue weighted by molar-refractivity contribution is 5.96. The SMILES string of the molecule is CCC(=O)c1ccc(N2CCN(C(=O)c3cccc(F)c3)CC2)c(F)c1. The van der Waals surface area contributed by atoms with Gasteiger partial charge in [-0.3, -0.25) is 9.59 Å². The van der Waals surface area contributed by atoms with Crippen LogP contribution in [-0.4, -0.2) is 42.8 Å². The van der Waals surface area contributed by atoms with E-state index in [0.717, 1.165) is 0 Å². The lowest BCUT2D eigenvalue weighted by Gasteiger charge is -2.36. The first-order valence-electron chi connectivity index (χ1n) is 8.62. The third kappa shape index (κ3) is 3.74. The molecule has 0 atom stereocenters. The maximum Gasteiger partial charge on any atom is 0.254 e. The summed E-state index contributed by atoms with van der Waals surface area (Å²) >= 11 is 0. The highest BCUT2D eigenvalue weighted by Gasteiger charge is 2.24. The van der Waals surface area contributed by atoms with E-state index < -0.39 is 11.6 Å². The number of hydrogen-bond donors (Lipinski definition) is 0. The third-order valence-corrected chi connectivity index (χ3v) is 4.57. The Morgan fingerprint density at radius 2 is 1.69 bits per heavy atom. The molecule has 136 valence electrons. The number of Topliss-reactive ketones (excluding diaryl/α,β-unsaturated/α-hetero) is 1. The Bertz CT molecular complexity index is 830. The van der Waals surface area contributed by atoms with Crippen LogP contribution in [0, 0.1) is 11.6 Å². The first-order valence-corrected chi connectivity index (χ1v) is 8.62. The minimum atomic E-state index is -0.446. The summed E-state index contributed by atoms with van der Waals surface area (Å²) < 4.78 is 27.7. The van der Waals surface area contributed by atoms with E-state index >= 15 is 0 Å². The van der Waals surface area contributed by atoms with Crippen LogP contribution in [0.4, 0.5) is 14.5 Å². The van der Waals surface area contributed by atoms with Crippen LogP contribution in [0.15, 0.2) is 42.5 Å². The van der Waals surface area contributed by atoms with Crippen molar-refractivity contribution in [1.82, 2.24) is 4.90 Å². The molecule has 2 aromatic rings. The normalized spacial score (nSPS) is 14.4. The van der Waals surface area contributed by atoms with Gasteiger partial charge >= 0.3 is 0 Å². The van der Waals surface area contributed by atoms with Crippen molar-refractivity contribution in [2.75, 3.05) is 31.1 Å². The lowest BCUT2D eigenvalue weighted by molar-refractivity contribution is 0.0746. The molecule has 1 aliphatic rings. The van der Waals surface area contributed by atoms with Crippen molar-refractivity contribution < 1.29 is 18.4 Å². The Morgan fingerprint density at radius 1 is 0.962 bits per heavy atom. The van der Waals surface area contributed by atoms with E-state index in [9.17, 15) is 18.4 Å². The van der Waals surface area contributed by atoms with E-state index in [2.05, 4.69) is 0 Å². The number of ketones is 1. The Hall–Kier alpha value is -2.76. The maximum atomic E-state index is 14.4. The monoisotopic (exact) mass is 358 g/mol. The van der Waals surface area contributed by atoms with E-state index in [1.165, 1.54) is 24.3 Å². The van der Waals surface area contributed by atoms with E-state index in [-0.39, 0.29) is 11.7 Å². The molecule has 1 aliphatic heterocycles. The summed E-state index contributed by atoms with van der Waals surface area (Å²) in [5, 5.41) is 0. The van der Waals surface area contributed by atoms with E-state index in [4.69, 9.17) is 0 Å². The minimum Gasteiger partial charge on any atom is -0.366 e. The van der Waals surface area contributed by atoms with Crippen molar-refractivity contribution in [3.8, 4) is 0 Å². The lowest BCUT2D eigenvalue weighted by atomic mass is 10.1. The predicted octanol–water partition coefficient (Wildman–Crippen LogP) is 3.52. The van der Waals surface area contributed by atoms with E-state index in [1.54, 1.807) is 30.0 Å². The fourth-order valence-electron chi connectivity index (χ4n) is 3.10. The smallest absolute Gasteiger partial charge is 0.254 e. The Morgan fingerprint density at radius 3 is 2.31 bits per heavy atom. The van der Waals surface area contributed by atoms with Gasteiger partial charge in [0.1, 0.15) is 11.6 Å². The summed E-state index contributed by atoms with van der Waals surface area (Å²) in [7, 11) is 0. The van der Waals surface area contributed by atoms with Crippen molar-refractivity contribution in [3.63, 3.8) is 0 Å². The Kier molecular flexibility index (Phi) is 5.30. The molecular formula is C20H20F2N2O2. The topological polar surface area (TPSA) is 40.6 Å². The largest absolute Gasteiger partial charge is 0.366 e. The van der Waals surface area contributed by atoms with Crippen LogP contribution in [-0.2, 0) is 0 Å². The molecule has 0 radical (unpaired) electrons. The molecule has 0 bridgehead atoms. The summed E-state index contributed by atoms with van der Waals surface area (Å²) in [4.78, 5) is 27.6. The van der Waals surface area contributed by atoms with Gasteiger partial charge in [-0.15, -0.1) is 0 Å². The fourth-order valence-corrected chi connectivity index (χ4v) is 3.10. The quantitative estimate of drug-likeness (QED) is 0.785. The molecule has 1 fully saturated rings. The van der Waals surface area contributed by atoms with Gasteiger partial charge in [-0.1, -0.05) is 13.0 Å². The molecule has 1 saturated heterocycles. The number of anilines is 1. The van der Waals surface area contributed by atoms with Crippen LogP contribution in [0.5, 0.6) is 0 Å². The highest BCUT2D eigenvalue weighted by atomic mass is 19.1. The van der Waals surface area contributed by atoms with Gasteiger partial charge in [0.25, 0.3) is 5.91 Å². The second kappa shape index (κ2) is 7.64. The summed E-state index contributed by atoms with van der Waals surface area (Å²) in [5.74, 6) is -1.21. The number of benzene rings is 2. The van der Waals surface area contributed by atoms with E-state index in [0.29, 0.717) is 49.4 Å². The summed E-state index contributed by atoms with van der Waals surface area (Å²) in [6, 6.07) is 10.1. The van der Waals surface area contributed by atoms with Gasteiger partial charge in [0.15, 0.2) is 5.78 Å². The average molecular weight is 358 g/mol. The van der Waals surface area contributed by atoms with Crippen LogP contribution >= 0.6 is 0 Å². The first-order chi connectivity index (χ1) is 12.5. The summed E-state index contributed by atoms with van der Waals surface area (Å²) in [6.45, 7) is 3.52. The number of piperazine rings is 1. The van der Waals surface area contributed by atoms with Crippen molar-refractivity contribution in [2.24, 2.45) is 0 Å². The lowest BCUT2D eigenvalue weighted by Crippen LogP contribution is -2.49. The molecule has 1 heterocycles. The Balaban J connectivity index is 1.67. The van der Waals surface area contributed by atoms with Crippen LogP contribution in [0.3, 0.4) is 0 Å². The van der Waals surface area contributed by atoms with Gasteiger partial charge in [-0.25, -0.2) is 8.78 Å². The van der Waals surface area contributed by atoms with Gasteiger partial charge in [-0.2, -0.15) is 0 Å². The van der Waals surface area contributed by atoms with Crippen molar-refractivity contribution in [3.05, 3.63) is 65.2 Å². The third-order valence-electron chi connectivity index (χ3n) is 4.57. The summed E-state index contributed by atoms with van der Waals surface area (Å²) in [5.41, 5.74) is 1.11. The van der Waals surface area contributed by atoms with Gasteiger partial charge in [-0.05, 0) is 36.4 Å². The van der Waals surface area contributed by atoms with Gasteiger partial charge in [0.05, 0.1) is 5.69 Å². The highest BCUT2D eigenvalue weighted by Crippen LogP contribution is 2.23. The summed E-state index contributed by atoms with van der Waals surface area (Å²) in [6.07, 6.45) is 0.333. The number of hydrogen-bond acceptors (Lipinski definition) is 3. The van der Waals surface area contributed by atoms with Crippen LogP contribution in [0.1, 0.15) is 34.1 Å². The van der Waals surface area contributed by atoms with Gasteiger partial charge in [0.2, 0.25) is 0 Å². The zero-order valence-electron chi connectivity index (χ0n) is 14.5. The number of nitrogens with zero attached hydrogens (tertiary/aromatic N) is 2. The molecule has 0 aromatic heterocycles. The van der Waals surface area contributed by atoms with Crippen molar-refractivity contribution in [1.29, 1.82) is 0 Å². The fraction of sp³-hybridized carbons (Fsp3) is 0.300. The zero-order chi connectivity index (χ0) is 18.7. The Labute approximate surface area is 151 Å². The van der Waals surface area contributed by atoms with Crippen LogP contribution in [0.25, 0.3) is 0 Å². The van der Waals surface area contributed by atoms with Gasteiger partial charge < -0.3 is 9.80 Å². The molecule has 0 N–H and O–H groups in total. The standard InChI is InChI=1S/C20H20F2N2O2/c1-2-19(25)14-6-7-18(17(22)13-14)23-8-10-24(11-9-23)20(26)15-4-3-5-16(21)12-15/h3-7,12-13H,2,8-11H2,1H3. The second-order valence-corrected chi connectivity index (χ2v) is 6.23. The molecule has 6 heteroatoms. The number of carbonyl (C=O) groups excluding carboxylic acids is 2. The average Bonchev–Trinajstić information content (AvgIpc) is 2.67. The zero-order valence-corrected chi connectivity index (χ0v) is 14.5. The second-order valence-electron chi connectivity index (χ2n) is 6.23. The molecular weight excluding hydrogens is 338 g/mol. The molecule has 3 rings (SSSR count). The molecule has 2 aromatic carbocycles. The predicted molar refractivity (Wildman–Crippen MR) is 95.5 cm³/mol.